The van der Waals surface area contributed by atoms with E-state index in [2.05, 4.69) is 10.3 Å². The molecule has 0 radical (unpaired) electrons. The van der Waals surface area contributed by atoms with Crippen LogP contribution < -0.4 is 15.0 Å². The fourth-order valence-corrected chi connectivity index (χ4v) is 2.99. The lowest BCUT2D eigenvalue weighted by molar-refractivity contribution is -0.131. The number of hydrogen-bond donors (Lipinski definition) is 1. The molecule has 7 nitrogen and oxygen atoms in total. The van der Waals surface area contributed by atoms with Gasteiger partial charge in [0.1, 0.15) is 5.75 Å². The molecule has 1 atom stereocenters. The lowest BCUT2D eigenvalue weighted by atomic mass is 10.1. The Bertz CT molecular complexity index is 924. The Morgan fingerprint density at radius 2 is 1.70 bits per heavy atom. The van der Waals surface area contributed by atoms with Crippen molar-refractivity contribution in [2.45, 2.75) is 0 Å². The van der Waals surface area contributed by atoms with Crippen molar-refractivity contribution in [1.82, 2.24) is 5.32 Å². The Hall–Kier alpha value is -2.90. The van der Waals surface area contributed by atoms with Crippen molar-refractivity contribution in [2.24, 2.45) is 10.9 Å². The quantitative estimate of drug-likeness (QED) is 0.621. The monoisotopic (exact) mass is 405 g/mol. The van der Waals surface area contributed by atoms with E-state index in [-0.39, 0.29) is 0 Å². The molecule has 0 aliphatic carbocycles. The minimum Gasteiger partial charge on any atom is -0.497 e. The van der Waals surface area contributed by atoms with E-state index in [4.69, 9.17) is 27.9 Å². The lowest BCUT2D eigenvalue weighted by Crippen LogP contribution is -2.58. The third kappa shape index (κ3) is 4.10. The molecule has 0 spiro atoms. The van der Waals surface area contributed by atoms with Gasteiger partial charge in [-0.15, -0.1) is 0 Å². The first-order valence-electron chi connectivity index (χ1n) is 7.72. The van der Waals surface area contributed by atoms with Gasteiger partial charge in [-0.3, -0.25) is 19.9 Å². The number of rotatable bonds is 4. The van der Waals surface area contributed by atoms with Crippen LogP contribution >= 0.6 is 23.2 Å². The van der Waals surface area contributed by atoms with Crippen LogP contribution in [0.5, 0.6) is 5.75 Å². The summed E-state index contributed by atoms with van der Waals surface area (Å²) in [6.45, 7) is 0. The molecule has 1 aliphatic heterocycles. The number of hydrogen-bond acceptors (Lipinski definition) is 5. The molecule has 0 aromatic heterocycles. The number of nitrogens with one attached hydrogen (secondary N) is 1. The Kier molecular flexibility index (Phi) is 5.43. The molecule has 138 valence electrons. The third-order valence-electron chi connectivity index (χ3n) is 3.75. The number of barbiturate groups is 1. The van der Waals surface area contributed by atoms with E-state index in [1.54, 1.807) is 12.1 Å². The number of methoxy groups -OCH3 is 1. The van der Waals surface area contributed by atoms with Gasteiger partial charge in [0, 0.05) is 16.3 Å². The van der Waals surface area contributed by atoms with E-state index in [9.17, 15) is 14.4 Å². The van der Waals surface area contributed by atoms with E-state index in [0.29, 0.717) is 27.2 Å². The number of imide groups is 2. The predicted molar refractivity (Wildman–Crippen MR) is 102 cm³/mol. The molecule has 3 rings (SSSR count). The van der Waals surface area contributed by atoms with Gasteiger partial charge in [-0.1, -0.05) is 23.2 Å². The van der Waals surface area contributed by atoms with Crippen molar-refractivity contribution in [2.75, 3.05) is 12.0 Å². The predicted octanol–water partition coefficient (Wildman–Crippen LogP) is 3.60. The zero-order chi connectivity index (χ0) is 19.6. The number of urea groups is 1. The Balaban J connectivity index is 1.88. The van der Waals surface area contributed by atoms with Crippen molar-refractivity contribution >= 4 is 58.6 Å². The molecular formula is C18H13Cl2N3O4. The Morgan fingerprint density at radius 3 is 2.30 bits per heavy atom. The summed E-state index contributed by atoms with van der Waals surface area (Å²) in [5.74, 6) is -2.18. The topological polar surface area (TPSA) is 88.1 Å². The average molecular weight is 406 g/mol. The van der Waals surface area contributed by atoms with Crippen molar-refractivity contribution < 1.29 is 19.1 Å². The van der Waals surface area contributed by atoms with E-state index >= 15 is 0 Å². The SMILES string of the molecule is COc1ccc(N2C(=O)NC(=O)[C@H](C=Nc3cc(Cl)cc(Cl)c3)C2=O)cc1. The summed E-state index contributed by atoms with van der Waals surface area (Å²) in [5.41, 5.74) is 0.677. The fourth-order valence-electron chi connectivity index (χ4n) is 2.47. The van der Waals surface area contributed by atoms with Gasteiger partial charge in [-0.2, -0.15) is 0 Å². The highest BCUT2D eigenvalue weighted by molar-refractivity contribution is 6.35. The maximum Gasteiger partial charge on any atom is 0.335 e. The number of carbonyl (C=O) groups excluding carboxylic acids is 3. The van der Waals surface area contributed by atoms with Crippen LogP contribution in [0.3, 0.4) is 0 Å². The van der Waals surface area contributed by atoms with Gasteiger partial charge in [0.15, 0.2) is 5.92 Å². The number of amides is 4. The maximum atomic E-state index is 12.7. The highest BCUT2D eigenvalue weighted by atomic mass is 35.5. The first-order chi connectivity index (χ1) is 12.9. The summed E-state index contributed by atoms with van der Waals surface area (Å²) in [7, 11) is 1.50. The second-order valence-electron chi connectivity index (χ2n) is 5.55. The van der Waals surface area contributed by atoms with Crippen LogP contribution in [0.15, 0.2) is 47.5 Å². The van der Waals surface area contributed by atoms with E-state index < -0.39 is 23.8 Å². The summed E-state index contributed by atoms with van der Waals surface area (Å²) in [6.07, 6.45) is 1.16. The largest absolute Gasteiger partial charge is 0.497 e. The van der Waals surface area contributed by atoms with Crippen LogP contribution in [-0.2, 0) is 9.59 Å². The van der Waals surface area contributed by atoms with Gasteiger partial charge in [0.25, 0.3) is 5.91 Å². The summed E-state index contributed by atoms with van der Waals surface area (Å²) < 4.78 is 5.05. The zero-order valence-corrected chi connectivity index (χ0v) is 15.5. The minimum atomic E-state index is -1.28. The van der Waals surface area contributed by atoms with Crippen LogP contribution in [-0.4, -0.2) is 31.2 Å². The molecule has 1 saturated heterocycles. The van der Waals surface area contributed by atoms with Gasteiger partial charge in [-0.05, 0) is 42.5 Å². The number of benzene rings is 2. The first-order valence-corrected chi connectivity index (χ1v) is 8.48. The molecule has 27 heavy (non-hydrogen) atoms. The molecule has 1 heterocycles. The number of nitrogens with zero attached hydrogens (tertiary/aromatic N) is 2. The Labute approximate surface area is 164 Å². The second-order valence-corrected chi connectivity index (χ2v) is 6.42. The van der Waals surface area contributed by atoms with Crippen LogP contribution in [0, 0.1) is 5.92 Å². The maximum absolute atomic E-state index is 12.7. The first kappa shape index (κ1) is 18.9. The standard InChI is InChI=1S/C18H13Cl2N3O4/c1-27-14-4-2-13(3-5-14)23-17(25)15(16(24)22-18(23)26)9-21-12-7-10(19)6-11(20)8-12/h2-9,15H,1H3,(H,22,24,26)/t15-/m0/s1. The molecule has 1 N–H and O–H groups in total. The lowest BCUT2D eigenvalue weighted by Gasteiger charge is -2.28. The van der Waals surface area contributed by atoms with Crippen molar-refractivity contribution in [3.8, 4) is 5.75 Å². The molecule has 2 aromatic carbocycles. The van der Waals surface area contributed by atoms with Gasteiger partial charge in [-0.25, -0.2) is 9.69 Å². The molecule has 9 heteroatoms. The van der Waals surface area contributed by atoms with E-state index in [1.807, 2.05) is 0 Å². The van der Waals surface area contributed by atoms with Crippen LogP contribution in [0.2, 0.25) is 10.0 Å². The van der Waals surface area contributed by atoms with Gasteiger partial charge in [0.05, 0.1) is 18.5 Å². The second kappa shape index (κ2) is 7.77. The normalized spacial score (nSPS) is 17.4. The third-order valence-corrected chi connectivity index (χ3v) is 4.19. The molecule has 1 fully saturated rings. The van der Waals surface area contributed by atoms with Crippen LogP contribution in [0.4, 0.5) is 16.2 Å². The fraction of sp³-hybridized carbons (Fsp3) is 0.111. The van der Waals surface area contributed by atoms with Gasteiger partial charge < -0.3 is 4.74 Å². The highest BCUT2D eigenvalue weighted by Gasteiger charge is 2.40. The van der Waals surface area contributed by atoms with Crippen molar-refractivity contribution in [1.29, 1.82) is 0 Å². The highest BCUT2D eigenvalue weighted by Crippen LogP contribution is 2.26. The van der Waals surface area contributed by atoms with Crippen LogP contribution in [0.25, 0.3) is 0 Å². The number of aliphatic imine (C=N–C) groups is 1. The molecular weight excluding hydrogens is 393 g/mol. The zero-order valence-electron chi connectivity index (χ0n) is 14.0. The molecule has 0 bridgehead atoms. The van der Waals surface area contributed by atoms with Gasteiger partial charge >= 0.3 is 6.03 Å². The van der Waals surface area contributed by atoms with Crippen molar-refractivity contribution in [3.63, 3.8) is 0 Å². The van der Waals surface area contributed by atoms with Crippen LogP contribution in [0.1, 0.15) is 0 Å². The summed E-state index contributed by atoms with van der Waals surface area (Å²) in [5, 5.41) is 2.88. The van der Waals surface area contributed by atoms with E-state index in [0.717, 1.165) is 11.1 Å². The summed E-state index contributed by atoms with van der Waals surface area (Å²) in [4.78, 5) is 41.9. The number of carbonyl (C=O) groups is 3. The number of halogens is 2. The minimum absolute atomic E-state index is 0.301. The number of ether oxygens (including phenoxy) is 1. The molecule has 0 unspecified atom stereocenters. The van der Waals surface area contributed by atoms with Gasteiger partial charge in [0.2, 0.25) is 5.91 Å². The average Bonchev–Trinajstić information content (AvgIpc) is 2.61. The number of anilines is 1. The molecule has 4 amide bonds. The molecule has 1 aliphatic rings. The van der Waals surface area contributed by atoms with Crippen molar-refractivity contribution in [3.05, 3.63) is 52.5 Å². The molecule has 0 saturated carbocycles. The van der Waals surface area contributed by atoms with E-state index in [1.165, 1.54) is 37.4 Å². The summed E-state index contributed by atoms with van der Waals surface area (Å²) in [6, 6.07) is 10.0. The Morgan fingerprint density at radius 1 is 1.07 bits per heavy atom. The summed E-state index contributed by atoms with van der Waals surface area (Å²) >= 11 is 11.8. The molecule has 2 aromatic rings. The smallest absolute Gasteiger partial charge is 0.335 e.